The molecule has 0 aliphatic rings. The molecule has 0 aliphatic heterocycles. The van der Waals surface area contributed by atoms with E-state index in [4.69, 9.17) is 0 Å². The molecule has 1 aromatic carbocycles. The smallest absolute Gasteiger partial charge is 0.249 e. The topological polar surface area (TPSA) is 70.6 Å². The Balaban J connectivity index is 2.49. The quantitative estimate of drug-likeness (QED) is 0.492. The lowest BCUT2D eigenvalue weighted by Crippen LogP contribution is -2.26. The molecule has 0 aliphatic carbocycles. The molecule has 0 fully saturated rings. The van der Waals surface area contributed by atoms with Crippen molar-refractivity contribution in [1.29, 1.82) is 0 Å². The largest absolute Gasteiger partial charge is 0.325 e. The lowest BCUT2D eigenvalue weighted by Gasteiger charge is -2.07. The monoisotopic (exact) mass is 339 g/mol. The van der Waals surface area contributed by atoms with Crippen molar-refractivity contribution in [2.45, 2.75) is 27.2 Å². The van der Waals surface area contributed by atoms with Gasteiger partial charge in [-0.3, -0.25) is 9.59 Å². The minimum absolute atomic E-state index is 0.254. The van der Waals surface area contributed by atoms with Gasteiger partial charge in [0.05, 0.1) is 5.69 Å². The van der Waals surface area contributed by atoms with Gasteiger partial charge in [-0.05, 0) is 40.9 Å². The standard InChI is InChI=1S/C14H18BrN3O2/c1-9(2)10(3)17-18-14(20)8-13(19)16-12-7-5-4-6-11(12)15/h4-7,9H,8H2,1-3H3,(H,16,19)(H,18,20)/b17-10+. The molecule has 0 saturated carbocycles. The first kappa shape index (κ1) is 16.4. The molecule has 0 atom stereocenters. The highest BCUT2D eigenvalue weighted by molar-refractivity contribution is 9.10. The average Bonchev–Trinajstić information content (AvgIpc) is 2.38. The molecule has 6 heteroatoms. The molecular weight excluding hydrogens is 322 g/mol. The molecule has 0 radical (unpaired) electrons. The van der Waals surface area contributed by atoms with Crippen LogP contribution in [0.5, 0.6) is 0 Å². The zero-order valence-corrected chi connectivity index (χ0v) is 13.3. The van der Waals surface area contributed by atoms with E-state index in [1.54, 1.807) is 12.1 Å². The van der Waals surface area contributed by atoms with Crippen LogP contribution < -0.4 is 10.7 Å². The molecule has 5 nitrogen and oxygen atoms in total. The van der Waals surface area contributed by atoms with E-state index in [0.717, 1.165) is 10.2 Å². The fraction of sp³-hybridized carbons (Fsp3) is 0.357. The third-order valence-corrected chi connectivity index (χ3v) is 3.35. The molecular formula is C14H18BrN3O2. The second-order valence-corrected chi connectivity index (χ2v) is 5.50. The van der Waals surface area contributed by atoms with E-state index >= 15 is 0 Å². The van der Waals surface area contributed by atoms with Crippen molar-refractivity contribution in [1.82, 2.24) is 5.43 Å². The van der Waals surface area contributed by atoms with E-state index in [-0.39, 0.29) is 18.2 Å². The molecule has 2 amide bonds. The fourth-order valence-corrected chi connectivity index (χ4v) is 1.61. The third-order valence-electron chi connectivity index (χ3n) is 2.66. The van der Waals surface area contributed by atoms with Crippen molar-refractivity contribution in [2.24, 2.45) is 11.0 Å². The number of halogens is 1. The van der Waals surface area contributed by atoms with Crippen molar-refractivity contribution in [2.75, 3.05) is 5.32 Å². The summed E-state index contributed by atoms with van der Waals surface area (Å²) >= 11 is 3.32. The summed E-state index contributed by atoms with van der Waals surface area (Å²) in [6, 6.07) is 7.21. The summed E-state index contributed by atoms with van der Waals surface area (Å²) in [4.78, 5) is 23.3. The van der Waals surface area contributed by atoms with Gasteiger partial charge in [-0.25, -0.2) is 5.43 Å². The van der Waals surface area contributed by atoms with E-state index in [9.17, 15) is 9.59 Å². The summed E-state index contributed by atoms with van der Waals surface area (Å²) in [6.07, 6.45) is -0.268. The number of carbonyl (C=O) groups excluding carboxylic acids is 2. The molecule has 0 aromatic heterocycles. The molecule has 2 N–H and O–H groups in total. The number of amides is 2. The summed E-state index contributed by atoms with van der Waals surface area (Å²) in [5.41, 5.74) is 3.81. The Labute approximate surface area is 127 Å². The zero-order chi connectivity index (χ0) is 15.1. The first-order valence-corrected chi connectivity index (χ1v) is 7.07. The lowest BCUT2D eigenvalue weighted by molar-refractivity contribution is -0.126. The van der Waals surface area contributed by atoms with Gasteiger partial charge in [0.1, 0.15) is 6.42 Å². The SMILES string of the molecule is C/C(=N\NC(=O)CC(=O)Nc1ccccc1Br)C(C)C. The molecule has 0 unspecified atom stereocenters. The number of rotatable bonds is 5. The van der Waals surface area contributed by atoms with E-state index in [2.05, 4.69) is 31.8 Å². The number of benzene rings is 1. The van der Waals surface area contributed by atoms with Crippen LogP contribution in [0.25, 0.3) is 0 Å². The number of carbonyl (C=O) groups is 2. The van der Waals surface area contributed by atoms with Crippen molar-refractivity contribution >= 4 is 39.1 Å². The summed E-state index contributed by atoms with van der Waals surface area (Å²) in [7, 11) is 0. The third kappa shape index (κ3) is 5.52. The average molecular weight is 340 g/mol. The molecule has 0 bridgehead atoms. The van der Waals surface area contributed by atoms with E-state index in [0.29, 0.717) is 5.69 Å². The number of hydrogen-bond donors (Lipinski definition) is 2. The van der Waals surface area contributed by atoms with Crippen molar-refractivity contribution in [3.05, 3.63) is 28.7 Å². The van der Waals surface area contributed by atoms with Crippen molar-refractivity contribution in [3.8, 4) is 0 Å². The van der Waals surface area contributed by atoms with Crippen molar-refractivity contribution in [3.63, 3.8) is 0 Å². The van der Waals surface area contributed by atoms with Crippen LogP contribution in [0.1, 0.15) is 27.2 Å². The number of nitrogens with one attached hydrogen (secondary N) is 2. The summed E-state index contributed by atoms with van der Waals surface area (Å²) in [5, 5.41) is 6.59. The van der Waals surface area contributed by atoms with Crippen LogP contribution in [0.2, 0.25) is 0 Å². The zero-order valence-electron chi connectivity index (χ0n) is 11.7. The van der Waals surface area contributed by atoms with E-state index < -0.39 is 5.91 Å². The predicted octanol–water partition coefficient (Wildman–Crippen LogP) is 2.93. The normalized spacial score (nSPS) is 11.3. The van der Waals surface area contributed by atoms with Gasteiger partial charge in [0, 0.05) is 10.2 Å². The Morgan fingerprint density at radius 1 is 1.25 bits per heavy atom. The Bertz CT molecular complexity index is 527. The van der Waals surface area contributed by atoms with Gasteiger partial charge in [0.25, 0.3) is 0 Å². The molecule has 1 rings (SSSR count). The summed E-state index contributed by atoms with van der Waals surface area (Å²) in [6.45, 7) is 5.78. The minimum Gasteiger partial charge on any atom is -0.325 e. The highest BCUT2D eigenvalue weighted by atomic mass is 79.9. The van der Waals surface area contributed by atoms with Crippen LogP contribution in [0.4, 0.5) is 5.69 Å². The highest BCUT2D eigenvalue weighted by Gasteiger charge is 2.10. The molecule has 0 saturated heterocycles. The van der Waals surface area contributed by atoms with Crippen LogP contribution >= 0.6 is 15.9 Å². The molecule has 1 aromatic rings. The Morgan fingerprint density at radius 2 is 1.90 bits per heavy atom. The number of anilines is 1. The number of para-hydroxylation sites is 1. The maximum atomic E-state index is 11.7. The molecule has 108 valence electrons. The summed E-state index contributed by atoms with van der Waals surface area (Å²) < 4.78 is 0.766. The first-order valence-electron chi connectivity index (χ1n) is 6.27. The second-order valence-electron chi connectivity index (χ2n) is 4.65. The fourth-order valence-electron chi connectivity index (χ4n) is 1.22. The van der Waals surface area contributed by atoms with Gasteiger partial charge in [0.2, 0.25) is 11.8 Å². The van der Waals surface area contributed by atoms with Gasteiger partial charge in [0.15, 0.2) is 0 Å². The van der Waals surface area contributed by atoms with E-state index in [1.807, 2.05) is 32.9 Å². The number of nitrogens with zero attached hydrogens (tertiary/aromatic N) is 1. The highest BCUT2D eigenvalue weighted by Crippen LogP contribution is 2.21. The maximum Gasteiger partial charge on any atom is 0.249 e. The molecule has 0 heterocycles. The second kappa shape index (κ2) is 7.79. The van der Waals surface area contributed by atoms with Gasteiger partial charge >= 0.3 is 0 Å². The Hall–Kier alpha value is -1.69. The molecule has 20 heavy (non-hydrogen) atoms. The van der Waals surface area contributed by atoms with Gasteiger partial charge in [-0.1, -0.05) is 26.0 Å². The molecule has 0 spiro atoms. The maximum absolute atomic E-state index is 11.7. The minimum atomic E-state index is -0.436. The van der Waals surface area contributed by atoms with Gasteiger partial charge in [-0.2, -0.15) is 5.10 Å². The van der Waals surface area contributed by atoms with Crippen LogP contribution in [-0.2, 0) is 9.59 Å². The summed E-state index contributed by atoms with van der Waals surface area (Å²) in [5.74, 6) is -0.564. The van der Waals surface area contributed by atoms with Crippen molar-refractivity contribution < 1.29 is 9.59 Å². The predicted molar refractivity (Wildman–Crippen MR) is 83.5 cm³/mol. The first-order chi connectivity index (χ1) is 9.40. The lowest BCUT2D eigenvalue weighted by atomic mass is 10.1. The van der Waals surface area contributed by atoms with Gasteiger partial charge < -0.3 is 5.32 Å². The number of hydrazone groups is 1. The number of hydrogen-bond acceptors (Lipinski definition) is 3. The van der Waals surface area contributed by atoms with Crippen LogP contribution in [-0.4, -0.2) is 17.5 Å². The van der Waals surface area contributed by atoms with Crippen LogP contribution in [0.3, 0.4) is 0 Å². The van der Waals surface area contributed by atoms with Crippen LogP contribution in [0, 0.1) is 5.92 Å². The van der Waals surface area contributed by atoms with Crippen LogP contribution in [0.15, 0.2) is 33.8 Å². The van der Waals surface area contributed by atoms with E-state index in [1.165, 1.54) is 0 Å². The Morgan fingerprint density at radius 3 is 2.50 bits per heavy atom. The van der Waals surface area contributed by atoms with Gasteiger partial charge in [-0.15, -0.1) is 0 Å². The Kier molecular flexibility index (Phi) is 6.38.